The highest BCUT2D eigenvalue weighted by Crippen LogP contribution is 2.28. The Kier molecular flexibility index (Phi) is 52.2. The molecule has 14 heterocycles. The zero-order chi connectivity index (χ0) is 107. The number of hydrogen-bond acceptors (Lipinski definition) is 29. The standard InChI is InChI=1S/C16H27N3O3.C16H26N2O3.C15H26N4O3.C15H26N4O2.C14H24N4O3.2C14H23N3O3/c1-12(2)19-9-6-13(7-10-19)5-8-17-15(20)4-3-14-11-16(21)18-22-14;1-12(2)18-8-5-13(6-9-18)4-7-17(3)16(20)14-10-15(19)21-11-14;1-12(2)19-9-7-18(8-10-19)6-4-5-17(3)14(20)13-11-16-15(21)22-13;1-11(2)19-8-5-12(6-9-19)4-7-18(3)15(21)13-10-14(20)17-16-13;1-11(2)18-8-6-17(7-9-18)5-4-16(3)13(19)12-10-15-14(20)21-12;1-10(2)17-7-4-11(5-8-17)3-6-15-13(18)12-9-16-14(19)20-12;1-10(2)17-7-5-11(6-8-17)15-13(18)4-3-12-9-14(19)16-20-12/h11-13H,3-10H2,1-2H3,(H,17,20)(H,18,21);11-13H,4-10H2,1-3H3;11-12H,4-10H2,1-3H3,(H,16,21);10-12H,4-9H2,1-3H3,(H2,16,17,20);10-11H,4-9H2,1-3H3,(H,15,20);2*9-11H,3-8H2,1-2H3,(H,15,18)(H,16,19). The van der Waals surface area contributed by atoms with E-state index in [0.29, 0.717) is 128 Å². The fraction of sp³-hybridized carbons (Fsp3) is 0.731. The number of nitrogens with one attached hydrogen (secondary N) is 10. The van der Waals surface area contributed by atoms with E-state index in [9.17, 15) is 67.1 Å². The summed E-state index contributed by atoms with van der Waals surface area (Å²) >= 11 is 0. The first-order valence-electron chi connectivity index (χ1n) is 53.6. The number of esters is 1. The third-order valence-electron chi connectivity index (χ3n) is 29.3. The van der Waals surface area contributed by atoms with Crippen LogP contribution >= 0.6 is 0 Å². The van der Waals surface area contributed by atoms with Crippen molar-refractivity contribution in [1.29, 1.82) is 0 Å². The number of cyclic esters (lactones) is 1. The first-order chi connectivity index (χ1) is 70.0. The molecule has 147 heavy (non-hydrogen) atoms. The van der Waals surface area contributed by atoms with Crippen LogP contribution in [0.5, 0.6) is 0 Å². The first kappa shape index (κ1) is 121. The number of amides is 7. The number of aryl methyl sites for hydroxylation is 2. The maximum absolute atomic E-state index is 12.1. The topological polar surface area (TPSA) is 503 Å². The number of piperazine rings is 2. The van der Waals surface area contributed by atoms with Gasteiger partial charge < -0.3 is 92.0 Å². The van der Waals surface area contributed by atoms with Gasteiger partial charge in [0.05, 0.1) is 30.6 Å². The summed E-state index contributed by atoms with van der Waals surface area (Å²) < 4.78 is 28.8. The molecule has 8 aliphatic heterocycles. The summed E-state index contributed by atoms with van der Waals surface area (Å²) in [7, 11) is 7.04. The van der Waals surface area contributed by atoms with E-state index in [2.05, 4.69) is 192 Å². The van der Waals surface area contributed by atoms with Crippen LogP contribution in [-0.2, 0) is 36.8 Å². The molecule has 0 aliphatic carbocycles. The number of carbonyl (C=O) groups excluding carboxylic acids is 8. The number of hydrogen-bond donors (Lipinski definition) is 10. The molecule has 0 atom stereocenters. The van der Waals surface area contributed by atoms with Gasteiger partial charge in [0.15, 0.2) is 0 Å². The van der Waals surface area contributed by atoms with Crippen LogP contribution in [0.3, 0.4) is 0 Å². The van der Waals surface area contributed by atoms with Crippen molar-refractivity contribution in [3.05, 3.63) is 146 Å². The lowest BCUT2D eigenvalue weighted by Gasteiger charge is -2.37. The molecule has 0 saturated carbocycles. The second kappa shape index (κ2) is 63.3. The monoisotopic (exact) mass is 2070 g/mol. The van der Waals surface area contributed by atoms with Gasteiger partial charge in [-0.1, -0.05) is 0 Å². The van der Waals surface area contributed by atoms with Crippen LogP contribution in [0, 0.1) is 23.7 Å². The Morgan fingerprint density at radius 1 is 0.374 bits per heavy atom. The van der Waals surface area contributed by atoms with Crippen LogP contribution in [0.1, 0.15) is 266 Å². The number of rotatable bonds is 38. The minimum Gasteiger partial charge on any atom is -0.434 e. The summed E-state index contributed by atoms with van der Waals surface area (Å²) in [5, 5.41) is 18.3. The molecular weight excluding hydrogens is 1890 g/mol. The van der Waals surface area contributed by atoms with E-state index in [4.69, 9.17) is 27.0 Å². The van der Waals surface area contributed by atoms with E-state index < -0.39 is 17.3 Å². The predicted octanol–water partition coefficient (Wildman–Crippen LogP) is 7.22. The molecule has 10 N–H and O–H groups in total. The normalized spacial score (nSPS) is 17.8. The smallest absolute Gasteiger partial charge is 0.416 e. The highest BCUT2D eigenvalue weighted by atomic mass is 16.5. The Bertz CT molecular complexity index is 5160. The van der Waals surface area contributed by atoms with Crippen LogP contribution in [0.15, 0.2) is 99.7 Å². The number of nitrogens with zero attached hydrogens (tertiary/aromatic N) is 13. The van der Waals surface area contributed by atoms with Gasteiger partial charge in [0.1, 0.15) is 23.5 Å². The summed E-state index contributed by atoms with van der Waals surface area (Å²) in [6.07, 6.45) is 23.6. The van der Waals surface area contributed by atoms with E-state index >= 15 is 0 Å². The van der Waals surface area contributed by atoms with Gasteiger partial charge in [-0.15, -0.1) is 0 Å². The highest BCUT2D eigenvalue weighted by molar-refractivity contribution is 5.99. The highest BCUT2D eigenvalue weighted by Gasteiger charge is 2.32. The quantitative estimate of drug-likeness (QED) is 0.0171. The third-order valence-corrected chi connectivity index (χ3v) is 29.3. The fourth-order valence-electron chi connectivity index (χ4n) is 19.2. The van der Waals surface area contributed by atoms with Crippen molar-refractivity contribution in [1.82, 2.24) is 115 Å². The molecule has 7 saturated heterocycles. The summed E-state index contributed by atoms with van der Waals surface area (Å²) in [5.74, 6) is 0.845. The second-order valence-electron chi connectivity index (χ2n) is 42.2. The maximum atomic E-state index is 12.1. The molecule has 0 spiro atoms. The molecule has 8 aliphatic rings. The van der Waals surface area contributed by atoms with Gasteiger partial charge in [-0.05, 0) is 276 Å². The number of likely N-dealkylation sites (tertiary alicyclic amines) is 5. The molecule has 43 heteroatoms. The van der Waals surface area contributed by atoms with Crippen molar-refractivity contribution < 1.29 is 65.4 Å². The van der Waals surface area contributed by atoms with Crippen molar-refractivity contribution in [3.8, 4) is 0 Å². The van der Waals surface area contributed by atoms with Gasteiger partial charge in [-0.3, -0.25) is 92.6 Å². The Morgan fingerprint density at radius 3 is 1.09 bits per heavy atom. The van der Waals surface area contributed by atoms with Gasteiger partial charge in [0, 0.05) is 232 Å². The summed E-state index contributed by atoms with van der Waals surface area (Å²) in [5.41, 5.74) is 0.00618. The van der Waals surface area contributed by atoms with Crippen LogP contribution in [0.25, 0.3) is 0 Å². The summed E-state index contributed by atoms with van der Waals surface area (Å²) in [4.78, 5) is 196. The molecule has 7 fully saturated rings. The summed E-state index contributed by atoms with van der Waals surface area (Å²) in [6.45, 7) is 57.1. The van der Waals surface area contributed by atoms with Gasteiger partial charge >= 0.3 is 23.2 Å². The van der Waals surface area contributed by atoms with Gasteiger partial charge in [-0.25, -0.2) is 14.4 Å². The Morgan fingerprint density at radius 2 is 0.728 bits per heavy atom. The number of ether oxygens (including phenoxy) is 1. The molecular formula is C104H175N23O20. The lowest BCUT2D eigenvalue weighted by atomic mass is 9.92. The van der Waals surface area contributed by atoms with E-state index in [-0.39, 0.29) is 93.7 Å². The van der Waals surface area contributed by atoms with Crippen molar-refractivity contribution in [2.45, 2.75) is 274 Å². The second-order valence-corrected chi connectivity index (χ2v) is 42.2. The SMILES string of the molecule is CC(C)N1CCC(CCN(C)C(=O)C2=COC(=O)C2)CC1.CC(C)N1CCC(CCN(C)C(=O)c2cc(=O)[nH][nH]2)CC1.CC(C)N1CCC(CCNC(=O)CCc2cc(=O)[nH]o2)CC1.CC(C)N1CCC(CCNC(=O)c2c[nH]c(=O)o2)CC1.CC(C)N1CCC(NC(=O)CCc2cc(=O)[nH]o2)CC1.CC(C)N1CCN(CCCN(C)C(=O)c2c[nH]c(=O)o2)CC1.CC(C)N1CCN(CCN(C)C(=O)c2c[nH]c(=O)o2)CC1. The number of piperidine rings is 5. The Hall–Kier alpha value is -10.8. The van der Waals surface area contributed by atoms with Crippen LogP contribution in [0.2, 0.25) is 0 Å². The zero-order valence-corrected chi connectivity index (χ0v) is 91.0. The third kappa shape index (κ3) is 44.1. The van der Waals surface area contributed by atoms with E-state index in [1.165, 1.54) is 108 Å². The fourth-order valence-corrected chi connectivity index (χ4v) is 19.2. The van der Waals surface area contributed by atoms with Crippen molar-refractivity contribution in [3.63, 3.8) is 0 Å². The molecule has 0 bridgehead atoms. The van der Waals surface area contributed by atoms with Gasteiger partial charge in [0.25, 0.3) is 46.2 Å². The minimum atomic E-state index is -0.601. The molecule has 0 radical (unpaired) electrons. The first-order valence-corrected chi connectivity index (χ1v) is 53.6. The molecule has 6 aromatic heterocycles. The molecule has 826 valence electrons. The van der Waals surface area contributed by atoms with E-state index in [1.54, 1.807) is 47.8 Å². The molecule has 6 aromatic rings. The number of H-pyrrole nitrogens is 7. The van der Waals surface area contributed by atoms with Gasteiger partial charge in [0.2, 0.25) is 29.1 Å². The summed E-state index contributed by atoms with van der Waals surface area (Å²) in [6, 6.07) is 8.63. The van der Waals surface area contributed by atoms with Crippen molar-refractivity contribution in [2.24, 2.45) is 23.7 Å². The van der Waals surface area contributed by atoms with Crippen LogP contribution in [-0.4, -0.2) is 393 Å². The molecule has 0 aromatic carbocycles. The predicted molar refractivity (Wildman–Crippen MR) is 562 cm³/mol. The molecule has 0 unspecified atom stereocenters. The van der Waals surface area contributed by atoms with Crippen LogP contribution < -0.4 is 49.9 Å². The average molecular weight is 2070 g/mol. The molecule has 43 nitrogen and oxygen atoms in total. The maximum Gasteiger partial charge on any atom is 0.416 e. The number of aromatic amines is 7. The van der Waals surface area contributed by atoms with E-state index in [0.717, 1.165) is 188 Å². The minimum absolute atomic E-state index is 0.0171. The largest absolute Gasteiger partial charge is 0.434 e. The zero-order valence-electron chi connectivity index (χ0n) is 91.0. The molecule has 7 amide bonds. The molecule has 14 rings (SSSR count). The Balaban J connectivity index is 0.000000209. The number of oxazole rings is 3. The van der Waals surface area contributed by atoms with Crippen molar-refractivity contribution >= 4 is 47.3 Å². The average Bonchev–Trinajstić information content (AvgIpc) is 1.64. The lowest BCUT2D eigenvalue weighted by molar-refractivity contribution is -0.136. The van der Waals surface area contributed by atoms with Crippen LogP contribution in [0.4, 0.5) is 0 Å². The lowest BCUT2D eigenvalue weighted by Crippen LogP contribution is -2.50. The van der Waals surface area contributed by atoms with E-state index in [1.807, 2.05) is 0 Å². The Labute approximate surface area is 865 Å². The van der Waals surface area contributed by atoms with Crippen molar-refractivity contribution in [2.75, 3.05) is 198 Å². The number of likely N-dealkylation sites (N-methyl/N-ethyl adjacent to an activating group) is 2. The van der Waals surface area contributed by atoms with Gasteiger partial charge in [-0.2, -0.15) is 10.3 Å². The number of carbonyl (C=O) groups is 8. The number of aromatic nitrogens is 7.